The molecule has 7 heavy (non-hydrogen) atoms. The molecule has 1 aliphatic rings. The zero-order valence-corrected chi connectivity index (χ0v) is 4.39. The van der Waals surface area contributed by atoms with Gasteiger partial charge in [0.25, 0.3) is 0 Å². The second-order valence-electron chi connectivity index (χ2n) is 1.48. The summed E-state index contributed by atoms with van der Waals surface area (Å²) in [5.74, 6) is 0. The normalized spacial score (nSPS) is 19.0. The summed E-state index contributed by atoms with van der Waals surface area (Å²) in [6.45, 7) is 2.10. The molecule has 0 aliphatic carbocycles. The van der Waals surface area contributed by atoms with Crippen molar-refractivity contribution in [3.63, 3.8) is 0 Å². The molecule has 0 aromatic carbocycles. The fourth-order valence-corrected chi connectivity index (χ4v) is 0.545. The fourth-order valence-electron chi connectivity index (χ4n) is 0.545. The highest BCUT2D eigenvalue weighted by molar-refractivity contribution is 5.75. The second-order valence-corrected chi connectivity index (χ2v) is 1.48. The van der Waals surface area contributed by atoms with E-state index < -0.39 is 0 Å². The number of hydrogen-bond acceptors (Lipinski definition) is 1. The fraction of sp³-hybridized carbons (Fsp3) is 0.333. The summed E-state index contributed by atoms with van der Waals surface area (Å²) < 4.78 is 0. The average Bonchev–Trinajstić information content (AvgIpc) is 2.14. The molecule has 0 unspecified atom stereocenters. The maximum absolute atomic E-state index is 4.03. The molecule has 0 aromatic heterocycles. The Morgan fingerprint density at radius 3 is 2.86 bits per heavy atom. The van der Waals surface area contributed by atoms with Crippen LogP contribution >= 0.6 is 0 Å². The summed E-state index contributed by atoms with van der Waals surface area (Å²) in [4.78, 5) is 4.03. The van der Waals surface area contributed by atoms with Gasteiger partial charge >= 0.3 is 0 Å². The van der Waals surface area contributed by atoms with Crippen LogP contribution in [0.25, 0.3) is 0 Å². The Hall–Kier alpha value is -0.590. The van der Waals surface area contributed by atoms with Crippen molar-refractivity contribution < 1.29 is 0 Å². The van der Waals surface area contributed by atoms with Gasteiger partial charge < -0.3 is 0 Å². The first kappa shape index (κ1) is 4.57. The SMILES string of the molecule is CC[C]1C=CC=N1. The van der Waals surface area contributed by atoms with Crippen molar-refractivity contribution in [3.05, 3.63) is 18.2 Å². The number of allylic oxidation sites excluding steroid dienone is 1. The lowest BCUT2D eigenvalue weighted by atomic mass is 10.2. The van der Waals surface area contributed by atoms with Crippen molar-refractivity contribution in [1.29, 1.82) is 0 Å². The van der Waals surface area contributed by atoms with Gasteiger partial charge in [-0.1, -0.05) is 13.0 Å². The van der Waals surface area contributed by atoms with Gasteiger partial charge in [0.2, 0.25) is 0 Å². The zero-order chi connectivity index (χ0) is 5.11. The summed E-state index contributed by atoms with van der Waals surface area (Å²) in [6, 6.07) is 1.18. The molecule has 1 radical (unpaired) electrons. The highest BCUT2D eigenvalue weighted by Gasteiger charge is 1.99. The van der Waals surface area contributed by atoms with Gasteiger partial charge in [-0.05, 0) is 12.5 Å². The van der Waals surface area contributed by atoms with Crippen molar-refractivity contribution >= 4 is 6.21 Å². The van der Waals surface area contributed by atoms with Crippen LogP contribution in [0.1, 0.15) is 13.3 Å². The van der Waals surface area contributed by atoms with Gasteiger partial charge in [-0.2, -0.15) is 0 Å². The van der Waals surface area contributed by atoms with E-state index in [0.717, 1.165) is 6.42 Å². The van der Waals surface area contributed by atoms with E-state index in [2.05, 4.69) is 11.9 Å². The molecule has 0 saturated heterocycles. The summed E-state index contributed by atoms with van der Waals surface area (Å²) in [7, 11) is 0. The lowest BCUT2D eigenvalue weighted by Crippen LogP contribution is -1.77. The molecule has 0 atom stereocenters. The van der Waals surface area contributed by atoms with Gasteiger partial charge in [-0.3, -0.25) is 4.99 Å². The lowest BCUT2D eigenvalue weighted by molar-refractivity contribution is 0.966. The molecular weight excluding hydrogens is 86.1 g/mol. The molecule has 1 aliphatic heterocycles. The summed E-state index contributed by atoms with van der Waals surface area (Å²) >= 11 is 0. The van der Waals surface area contributed by atoms with Crippen LogP contribution in [-0.4, -0.2) is 6.21 Å². The van der Waals surface area contributed by atoms with Gasteiger partial charge in [-0.15, -0.1) is 0 Å². The summed E-state index contributed by atoms with van der Waals surface area (Å²) in [5, 5.41) is 0. The minimum absolute atomic E-state index is 1.05. The zero-order valence-electron chi connectivity index (χ0n) is 4.39. The van der Waals surface area contributed by atoms with E-state index in [1.165, 1.54) is 6.04 Å². The number of nitrogens with zero attached hydrogens (tertiary/aromatic N) is 1. The molecule has 0 N–H and O–H groups in total. The molecule has 0 spiro atoms. The first-order valence-electron chi connectivity index (χ1n) is 2.50. The highest BCUT2D eigenvalue weighted by Crippen LogP contribution is 2.11. The molecule has 1 nitrogen and oxygen atoms in total. The van der Waals surface area contributed by atoms with Crippen molar-refractivity contribution in [2.75, 3.05) is 0 Å². The van der Waals surface area contributed by atoms with Crippen LogP contribution in [-0.2, 0) is 0 Å². The first-order chi connectivity index (χ1) is 3.43. The van der Waals surface area contributed by atoms with Crippen molar-refractivity contribution in [1.82, 2.24) is 0 Å². The van der Waals surface area contributed by atoms with Gasteiger partial charge in [-0.25, -0.2) is 0 Å². The Bertz CT molecular complexity index is 90.7. The van der Waals surface area contributed by atoms with Gasteiger partial charge in [0.05, 0.1) is 0 Å². The first-order valence-corrected chi connectivity index (χ1v) is 2.50. The van der Waals surface area contributed by atoms with Gasteiger partial charge in [0.15, 0.2) is 0 Å². The Morgan fingerprint density at radius 1 is 1.71 bits per heavy atom. The molecule has 1 rings (SSSR count). The van der Waals surface area contributed by atoms with Crippen LogP contribution in [0.3, 0.4) is 0 Å². The number of hydrogen-bond donors (Lipinski definition) is 0. The van der Waals surface area contributed by atoms with E-state index in [-0.39, 0.29) is 0 Å². The molecule has 0 amide bonds. The maximum Gasteiger partial charge on any atom is 0.107 e. The molecule has 0 bridgehead atoms. The van der Waals surface area contributed by atoms with Crippen LogP contribution in [0, 0.1) is 6.04 Å². The van der Waals surface area contributed by atoms with Crippen molar-refractivity contribution in [2.24, 2.45) is 4.99 Å². The molecule has 0 saturated carbocycles. The third kappa shape index (κ3) is 0.889. The number of rotatable bonds is 1. The highest BCUT2D eigenvalue weighted by atomic mass is 14.8. The van der Waals surface area contributed by atoms with Crippen LogP contribution in [0.4, 0.5) is 0 Å². The Morgan fingerprint density at radius 2 is 2.57 bits per heavy atom. The van der Waals surface area contributed by atoms with E-state index >= 15 is 0 Å². The minimum Gasteiger partial charge on any atom is -0.280 e. The van der Waals surface area contributed by atoms with Gasteiger partial charge in [0.1, 0.15) is 6.04 Å². The van der Waals surface area contributed by atoms with Crippen LogP contribution in [0.15, 0.2) is 17.1 Å². The van der Waals surface area contributed by atoms with Crippen LogP contribution < -0.4 is 0 Å². The standard InChI is InChI=1S/C6H8N/c1-2-6-4-3-5-7-6/h3-5H,2H2,1H3. The van der Waals surface area contributed by atoms with Crippen molar-refractivity contribution in [2.45, 2.75) is 13.3 Å². The quantitative estimate of drug-likeness (QED) is 0.467. The van der Waals surface area contributed by atoms with E-state index in [4.69, 9.17) is 0 Å². The monoisotopic (exact) mass is 94.1 g/mol. The Balaban J connectivity index is 2.44. The molecule has 1 heteroatoms. The lowest BCUT2D eigenvalue weighted by Gasteiger charge is -1.91. The molecular formula is C6H8N. The number of aliphatic imine (C=N–C) groups is 1. The Labute approximate surface area is 43.8 Å². The molecule has 0 fully saturated rings. The van der Waals surface area contributed by atoms with Crippen molar-refractivity contribution in [3.8, 4) is 0 Å². The maximum atomic E-state index is 4.03. The van der Waals surface area contributed by atoms with Crippen LogP contribution in [0.5, 0.6) is 0 Å². The van der Waals surface area contributed by atoms with E-state index in [1.54, 1.807) is 0 Å². The summed E-state index contributed by atoms with van der Waals surface area (Å²) in [5.41, 5.74) is 0. The molecule has 37 valence electrons. The van der Waals surface area contributed by atoms with E-state index in [0.29, 0.717) is 0 Å². The summed E-state index contributed by atoms with van der Waals surface area (Å²) in [6.07, 6.45) is 6.85. The van der Waals surface area contributed by atoms with Gasteiger partial charge in [0, 0.05) is 6.21 Å². The van der Waals surface area contributed by atoms with E-state index in [1.807, 2.05) is 18.4 Å². The second kappa shape index (κ2) is 1.92. The largest absolute Gasteiger partial charge is 0.280 e. The Kier molecular flexibility index (Phi) is 1.25. The minimum atomic E-state index is 1.05. The molecule has 0 aromatic rings. The predicted octanol–water partition coefficient (Wildman–Crippen LogP) is 1.57. The van der Waals surface area contributed by atoms with Crippen LogP contribution in [0.2, 0.25) is 0 Å². The predicted molar refractivity (Wildman–Crippen MR) is 31.2 cm³/mol. The smallest absolute Gasteiger partial charge is 0.107 e. The topological polar surface area (TPSA) is 12.4 Å². The average molecular weight is 94.1 g/mol. The third-order valence-electron chi connectivity index (χ3n) is 0.977. The molecule has 1 heterocycles. The third-order valence-corrected chi connectivity index (χ3v) is 0.977. The van der Waals surface area contributed by atoms with E-state index in [9.17, 15) is 0 Å².